The minimum atomic E-state index is -0.333. The molecule has 138 valence electrons. The van der Waals surface area contributed by atoms with E-state index in [1.54, 1.807) is 6.08 Å². The van der Waals surface area contributed by atoms with Gasteiger partial charge in [0.15, 0.2) is 0 Å². The summed E-state index contributed by atoms with van der Waals surface area (Å²) in [4.78, 5) is 13.8. The number of carbonyl (C=O) groups excluding carboxylic acids is 1. The van der Waals surface area contributed by atoms with Crippen LogP contribution in [0.15, 0.2) is 30.3 Å². The molecule has 1 aliphatic heterocycles. The van der Waals surface area contributed by atoms with Crippen molar-refractivity contribution in [3.8, 4) is 0 Å². The molecule has 2 heterocycles. The van der Waals surface area contributed by atoms with E-state index in [0.717, 1.165) is 30.8 Å². The van der Waals surface area contributed by atoms with Crippen LogP contribution in [-0.4, -0.2) is 41.3 Å². The average molecular weight is 353 g/mol. The van der Waals surface area contributed by atoms with Gasteiger partial charge in [0.2, 0.25) is 0 Å². The Hall–Kier alpha value is -2.40. The number of hydrogen-bond donors (Lipinski definition) is 1. The monoisotopic (exact) mass is 353 g/mol. The first-order chi connectivity index (χ1) is 12.6. The largest absolute Gasteiger partial charge is 0.466 e. The fourth-order valence-electron chi connectivity index (χ4n) is 3.73. The molecule has 1 aromatic carbocycles. The molecule has 0 amide bonds. The van der Waals surface area contributed by atoms with Gasteiger partial charge in [-0.05, 0) is 62.4 Å². The van der Waals surface area contributed by atoms with Gasteiger partial charge in [0.1, 0.15) is 0 Å². The molecule has 26 heavy (non-hydrogen) atoms. The number of H-pyrrole nitrogens is 1. The van der Waals surface area contributed by atoms with Gasteiger partial charge in [-0.25, -0.2) is 4.79 Å². The first kappa shape index (κ1) is 18.4. The second-order valence-corrected chi connectivity index (χ2v) is 6.88. The first-order valence-electron chi connectivity index (χ1n) is 9.19. The van der Waals surface area contributed by atoms with Crippen LogP contribution in [-0.2, 0) is 16.0 Å². The van der Waals surface area contributed by atoms with Crippen molar-refractivity contribution in [3.63, 3.8) is 0 Å². The number of nitrogens with one attached hydrogen (secondary N) is 1. The standard InChI is InChI=1S/C21H27N3O2/c1-15-19(16(2)23-22-15)12-14-24-13-4-5-20(24)18-9-6-17(7-10-18)8-11-21(25)26-3/h6-11,20H,4-5,12-14H2,1-3H3,(H,22,23)/t20-/m1/s1. The van der Waals surface area contributed by atoms with Gasteiger partial charge in [-0.2, -0.15) is 5.10 Å². The van der Waals surface area contributed by atoms with Gasteiger partial charge in [-0.15, -0.1) is 0 Å². The summed E-state index contributed by atoms with van der Waals surface area (Å²) in [5.41, 5.74) is 5.99. The summed E-state index contributed by atoms with van der Waals surface area (Å²) in [6, 6.07) is 8.95. The van der Waals surface area contributed by atoms with Crippen LogP contribution in [0.2, 0.25) is 0 Å². The number of esters is 1. The van der Waals surface area contributed by atoms with Crippen molar-refractivity contribution in [2.24, 2.45) is 0 Å². The Bertz CT molecular complexity index is 758. The van der Waals surface area contributed by atoms with Gasteiger partial charge in [-0.1, -0.05) is 24.3 Å². The zero-order chi connectivity index (χ0) is 18.5. The molecule has 3 rings (SSSR count). The molecule has 1 saturated heterocycles. The number of likely N-dealkylation sites (tertiary alicyclic amines) is 1. The summed E-state index contributed by atoms with van der Waals surface area (Å²) in [5.74, 6) is -0.333. The van der Waals surface area contributed by atoms with Crippen LogP contribution in [0.3, 0.4) is 0 Å². The number of aromatic amines is 1. The minimum Gasteiger partial charge on any atom is -0.466 e. The zero-order valence-electron chi connectivity index (χ0n) is 15.8. The normalized spacial score (nSPS) is 17.9. The lowest BCUT2D eigenvalue weighted by Gasteiger charge is -2.25. The highest BCUT2D eigenvalue weighted by atomic mass is 16.5. The molecule has 1 aromatic heterocycles. The van der Waals surface area contributed by atoms with Gasteiger partial charge in [0, 0.05) is 24.4 Å². The van der Waals surface area contributed by atoms with Crippen molar-refractivity contribution < 1.29 is 9.53 Å². The van der Waals surface area contributed by atoms with E-state index in [4.69, 9.17) is 0 Å². The Morgan fingerprint density at radius 1 is 1.35 bits per heavy atom. The zero-order valence-corrected chi connectivity index (χ0v) is 15.8. The van der Waals surface area contributed by atoms with Crippen molar-refractivity contribution in [1.29, 1.82) is 0 Å². The van der Waals surface area contributed by atoms with E-state index >= 15 is 0 Å². The van der Waals surface area contributed by atoms with Crippen LogP contribution >= 0.6 is 0 Å². The highest BCUT2D eigenvalue weighted by Gasteiger charge is 2.25. The second kappa shape index (κ2) is 8.32. The Morgan fingerprint density at radius 2 is 2.12 bits per heavy atom. The molecule has 0 bridgehead atoms. The van der Waals surface area contributed by atoms with Gasteiger partial charge in [-0.3, -0.25) is 10.00 Å². The predicted molar refractivity (Wildman–Crippen MR) is 103 cm³/mol. The van der Waals surface area contributed by atoms with E-state index in [9.17, 15) is 4.79 Å². The maximum atomic E-state index is 11.2. The predicted octanol–water partition coefficient (Wildman–Crippen LogP) is 3.59. The fourth-order valence-corrected chi connectivity index (χ4v) is 3.73. The molecule has 2 aromatic rings. The number of carbonyl (C=O) groups is 1. The Labute approximate surface area is 155 Å². The van der Waals surface area contributed by atoms with E-state index in [1.807, 2.05) is 0 Å². The quantitative estimate of drug-likeness (QED) is 0.637. The van der Waals surface area contributed by atoms with Crippen LogP contribution in [0.1, 0.15) is 47.0 Å². The van der Waals surface area contributed by atoms with Gasteiger partial charge in [0.05, 0.1) is 12.8 Å². The lowest BCUT2D eigenvalue weighted by Crippen LogP contribution is -2.26. The molecule has 1 aliphatic rings. The van der Waals surface area contributed by atoms with Crippen LogP contribution < -0.4 is 0 Å². The molecular formula is C21H27N3O2. The SMILES string of the molecule is COC(=O)C=Cc1ccc([C@H]2CCCN2CCc2c(C)n[nH]c2C)cc1. The number of aromatic nitrogens is 2. The maximum Gasteiger partial charge on any atom is 0.330 e. The molecule has 1 fully saturated rings. The summed E-state index contributed by atoms with van der Waals surface area (Å²) >= 11 is 0. The van der Waals surface area contributed by atoms with Crippen LogP contribution in [0.4, 0.5) is 0 Å². The summed E-state index contributed by atoms with van der Waals surface area (Å²) in [6.07, 6.45) is 6.70. The fraction of sp³-hybridized carbons (Fsp3) is 0.429. The third-order valence-electron chi connectivity index (χ3n) is 5.23. The number of ether oxygens (including phenoxy) is 1. The highest BCUT2D eigenvalue weighted by Crippen LogP contribution is 2.32. The highest BCUT2D eigenvalue weighted by molar-refractivity contribution is 5.86. The average Bonchev–Trinajstić information content (AvgIpc) is 3.25. The Balaban J connectivity index is 1.64. The van der Waals surface area contributed by atoms with E-state index < -0.39 is 0 Å². The number of methoxy groups -OCH3 is 1. The molecule has 0 radical (unpaired) electrons. The lowest BCUT2D eigenvalue weighted by atomic mass is 10.0. The topological polar surface area (TPSA) is 58.2 Å². The number of nitrogens with zero attached hydrogens (tertiary/aromatic N) is 2. The van der Waals surface area contributed by atoms with E-state index in [0.29, 0.717) is 6.04 Å². The Kier molecular flexibility index (Phi) is 5.89. The van der Waals surface area contributed by atoms with Gasteiger partial charge < -0.3 is 4.74 Å². The van der Waals surface area contributed by atoms with E-state index in [-0.39, 0.29) is 5.97 Å². The molecule has 5 heteroatoms. The Morgan fingerprint density at radius 3 is 2.77 bits per heavy atom. The van der Waals surface area contributed by atoms with Crippen molar-refractivity contribution in [2.75, 3.05) is 20.2 Å². The second-order valence-electron chi connectivity index (χ2n) is 6.88. The molecule has 0 unspecified atom stereocenters. The summed E-state index contributed by atoms with van der Waals surface area (Å²) in [5, 5.41) is 7.38. The third-order valence-corrected chi connectivity index (χ3v) is 5.23. The van der Waals surface area contributed by atoms with Gasteiger partial charge >= 0.3 is 5.97 Å². The summed E-state index contributed by atoms with van der Waals surface area (Å²) in [6.45, 7) is 6.36. The first-order valence-corrected chi connectivity index (χ1v) is 9.19. The lowest BCUT2D eigenvalue weighted by molar-refractivity contribution is -0.134. The molecule has 5 nitrogen and oxygen atoms in total. The number of rotatable bonds is 6. The molecule has 1 atom stereocenters. The molecule has 0 spiro atoms. The maximum absolute atomic E-state index is 11.2. The smallest absolute Gasteiger partial charge is 0.330 e. The van der Waals surface area contributed by atoms with Crippen molar-refractivity contribution in [1.82, 2.24) is 15.1 Å². The van der Waals surface area contributed by atoms with Crippen molar-refractivity contribution >= 4 is 12.0 Å². The van der Waals surface area contributed by atoms with Crippen molar-refractivity contribution in [3.05, 3.63) is 58.4 Å². The minimum absolute atomic E-state index is 0.333. The summed E-state index contributed by atoms with van der Waals surface area (Å²) in [7, 11) is 1.39. The van der Waals surface area contributed by atoms with Gasteiger partial charge in [0.25, 0.3) is 0 Å². The summed E-state index contributed by atoms with van der Waals surface area (Å²) < 4.78 is 4.63. The molecule has 0 aliphatic carbocycles. The van der Waals surface area contributed by atoms with Crippen LogP contribution in [0, 0.1) is 13.8 Å². The molecule has 1 N–H and O–H groups in total. The number of hydrogen-bond acceptors (Lipinski definition) is 4. The van der Waals surface area contributed by atoms with Crippen molar-refractivity contribution in [2.45, 2.75) is 39.2 Å². The van der Waals surface area contributed by atoms with E-state index in [1.165, 1.54) is 42.8 Å². The van der Waals surface area contributed by atoms with Crippen LogP contribution in [0.5, 0.6) is 0 Å². The third kappa shape index (κ3) is 4.22. The molecule has 0 saturated carbocycles. The van der Waals surface area contributed by atoms with Crippen LogP contribution in [0.25, 0.3) is 6.08 Å². The number of aryl methyl sites for hydroxylation is 2. The molecular weight excluding hydrogens is 326 g/mol. The number of benzene rings is 1. The van der Waals surface area contributed by atoms with E-state index in [2.05, 4.69) is 57.9 Å².